The van der Waals surface area contributed by atoms with Gasteiger partial charge in [-0.1, -0.05) is 0 Å². The first-order valence-electron chi connectivity index (χ1n) is 5.61. The van der Waals surface area contributed by atoms with Crippen LogP contribution in [0.25, 0.3) is 11.4 Å². The second kappa shape index (κ2) is 4.29. The Bertz CT molecular complexity index is 655. The van der Waals surface area contributed by atoms with Gasteiger partial charge in [-0.2, -0.15) is 5.10 Å². The van der Waals surface area contributed by atoms with Crippen LogP contribution < -0.4 is 10.3 Å². The van der Waals surface area contributed by atoms with E-state index in [1.807, 2.05) is 13.8 Å². The highest BCUT2D eigenvalue weighted by molar-refractivity contribution is 5.65. The molecule has 0 aliphatic carbocycles. The molecule has 0 fully saturated rings. The second-order valence-corrected chi connectivity index (χ2v) is 4.22. The van der Waals surface area contributed by atoms with Crippen LogP contribution in [0.4, 0.5) is 0 Å². The number of aromatic nitrogens is 4. The molecule has 2 aromatic heterocycles. The number of methoxy groups -OCH3 is 1. The lowest BCUT2D eigenvalue weighted by molar-refractivity contribution is 0.374. The molecule has 2 aromatic rings. The Labute approximate surface area is 105 Å². The van der Waals surface area contributed by atoms with Crippen LogP contribution in [0.3, 0.4) is 0 Å². The summed E-state index contributed by atoms with van der Waals surface area (Å²) < 4.78 is 6.92. The Kier molecular flexibility index (Phi) is 2.94. The highest BCUT2D eigenvalue weighted by atomic mass is 16.5. The van der Waals surface area contributed by atoms with Gasteiger partial charge in [0.15, 0.2) is 0 Å². The van der Waals surface area contributed by atoms with Crippen molar-refractivity contribution in [1.82, 2.24) is 19.7 Å². The van der Waals surface area contributed by atoms with E-state index in [0.717, 1.165) is 11.3 Å². The average molecular weight is 248 g/mol. The van der Waals surface area contributed by atoms with Crippen LogP contribution in [-0.2, 0) is 7.05 Å². The van der Waals surface area contributed by atoms with Crippen LogP contribution in [-0.4, -0.2) is 26.9 Å². The molecular formula is C12H16N4O2. The smallest absolute Gasteiger partial charge is 0.254 e. The lowest BCUT2D eigenvalue weighted by Gasteiger charge is -2.06. The maximum Gasteiger partial charge on any atom is 0.254 e. The van der Waals surface area contributed by atoms with Gasteiger partial charge in [-0.15, -0.1) is 0 Å². The van der Waals surface area contributed by atoms with Crippen molar-refractivity contribution in [2.45, 2.75) is 20.8 Å². The van der Waals surface area contributed by atoms with E-state index in [2.05, 4.69) is 15.1 Å². The summed E-state index contributed by atoms with van der Waals surface area (Å²) in [4.78, 5) is 18.9. The number of H-pyrrole nitrogens is 1. The van der Waals surface area contributed by atoms with Crippen LogP contribution in [0, 0.1) is 20.8 Å². The second-order valence-electron chi connectivity index (χ2n) is 4.22. The first-order chi connectivity index (χ1) is 8.45. The summed E-state index contributed by atoms with van der Waals surface area (Å²) in [6.45, 7) is 5.41. The van der Waals surface area contributed by atoms with Crippen LogP contribution in [0.15, 0.2) is 4.79 Å². The van der Waals surface area contributed by atoms with E-state index in [1.54, 1.807) is 25.8 Å². The van der Waals surface area contributed by atoms with Gasteiger partial charge in [-0.3, -0.25) is 4.79 Å². The minimum absolute atomic E-state index is 0.136. The normalized spacial score (nSPS) is 10.7. The molecule has 0 saturated heterocycles. The first-order valence-corrected chi connectivity index (χ1v) is 5.61. The zero-order valence-electron chi connectivity index (χ0n) is 11.2. The number of hydrogen-bond acceptors (Lipinski definition) is 4. The molecule has 0 saturated carbocycles. The van der Waals surface area contributed by atoms with Crippen molar-refractivity contribution in [2.75, 3.05) is 7.11 Å². The lowest BCUT2D eigenvalue weighted by atomic mass is 10.2. The Balaban J connectivity index is 2.73. The van der Waals surface area contributed by atoms with Crippen molar-refractivity contribution < 1.29 is 4.74 Å². The zero-order valence-corrected chi connectivity index (χ0v) is 11.2. The molecule has 2 heterocycles. The third-order valence-corrected chi connectivity index (χ3v) is 2.99. The molecular weight excluding hydrogens is 232 g/mol. The fraction of sp³-hybridized carbons (Fsp3) is 0.417. The summed E-state index contributed by atoms with van der Waals surface area (Å²) in [6.07, 6.45) is 0. The molecule has 0 bridgehead atoms. The molecule has 1 N–H and O–H groups in total. The van der Waals surface area contributed by atoms with E-state index in [4.69, 9.17) is 4.74 Å². The van der Waals surface area contributed by atoms with Crippen molar-refractivity contribution in [1.29, 1.82) is 0 Å². The first kappa shape index (κ1) is 12.3. The molecule has 0 aliphatic rings. The van der Waals surface area contributed by atoms with E-state index in [0.29, 0.717) is 23.0 Å². The van der Waals surface area contributed by atoms with Gasteiger partial charge < -0.3 is 9.72 Å². The topological polar surface area (TPSA) is 72.8 Å². The van der Waals surface area contributed by atoms with Gasteiger partial charge in [0.1, 0.15) is 11.4 Å². The molecule has 0 spiro atoms. The molecule has 0 aliphatic heterocycles. The molecule has 0 amide bonds. The summed E-state index contributed by atoms with van der Waals surface area (Å²) in [5.74, 6) is 1.07. The van der Waals surface area contributed by atoms with Crippen molar-refractivity contribution in [3.63, 3.8) is 0 Å². The minimum atomic E-state index is -0.136. The van der Waals surface area contributed by atoms with E-state index in [1.165, 1.54) is 0 Å². The zero-order chi connectivity index (χ0) is 13.4. The number of rotatable bonds is 2. The summed E-state index contributed by atoms with van der Waals surface area (Å²) in [5.41, 5.74) is 2.68. The van der Waals surface area contributed by atoms with Crippen LogP contribution >= 0.6 is 0 Å². The molecule has 0 atom stereocenters. The Morgan fingerprint density at radius 2 is 1.89 bits per heavy atom. The van der Waals surface area contributed by atoms with Gasteiger partial charge >= 0.3 is 0 Å². The van der Waals surface area contributed by atoms with E-state index in [9.17, 15) is 4.79 Å². The van der Waals surface area contributed by atoms with Crippen LogP contribution in [0.1, 0.15) is 17.0 Å². The average Bonchev–Trinajstić information content (AvgIpc) is 2.59. The molecule has 6 heteroatoms. The molecule has 6 nitrogen and oxygen atoms in total. The Morgan fingerprint density at radius 1 is 1.22 bits per heavy atom. The number of aryl methyl sites for hydroxylation is 3. The lowest BCUT2D eigenvalue weighted by Crippen LogP contribution is -2.14. The predicted octanol–water partition coefficient (Wildman–Crippen LogP) is 1.10. The summed E-state index contributed by atoms with van der Waals surface area (Å²) in [5, 5.41) is 4.27. The monoisotopic (exact) mass is 248 g/mol. The van der Waals surface area contributed by atoms with Gasteiger partial charge in [0.25, 0.3) is 5.56 Å². The van der Waals surface area contributed by atoms with Crippen molar-refractivity contribution in [3.8, 4) is 17.3 Å². The fourth-order valence-corrected chi connectivity index (χ4v) is 1.91. The molecule has 18 heavy (non-hydrogen) atoms. The maximum absolute atomic E-state index is 11.8. The predicted molar refractivity (Wildman–Crippen MR) is 67.8 cm³/mol. The molecule has 0 aromatic carbocycles. The van der Waals surface area contributed by atoms with Gasteiger partial charge in [0.2, 0.25) is 5.88 Å². The summed E-state index contributed by atoms with van der Waals surface area (Å²) in [6, 6.07) is 0. The SMILES string of the molecule is COc1c(-c2nc(C)c(C)c(=O)[nH]2)c(C)nn1C. The van der Waals surface area contributed by atoms with Gasteiger partial charge in [-0.05, 0) is 20.8 Å². The molecule has 96 valence electrons. The molecule has 0 unspecified atom stereocenters. The van der Waals surface area contributed by atoms with Gasteiger partial charge in [-0.25, -0.2) is 9.67 Å². The maximum atomic E-state index is 11.8. The minimum Gasteiger partial charge on any atom is -0.481 e. The third-order valence-electron chi connectivity index (χ3n) is 2.99. The summed E-state index contributed by atoms with van der Waals surface area (Å²) >= 11 is 0. The Hall–Kier alpha value is -2.11. The van der Waals surface area contributed by atoms with Crippen molar-refractivity contribution in [2.24, 2.45) is 7.05 Å². The highest BCUT2D eigenvalue weighted by Crippen LogP contribution is 2.29. The standard InChI is InChI=1S/C12H16N4O2/c1-6-7(2)13-10(14-11(6)17)9-8(3)15-16(4)12(9)18-5/h1-5H3,(H,13,14,17). The largest absolute Gasteiger partial charge is 0.481 e. The number of aromatic amines is 1. The van der Waals surface area contributed by atoms with Crippen molar-refractivity contribution in [3.05, 3.63) is 27.3 Å². The van der Waals surface area contributed by atoms with E-state index >= 15 is 0 Å². The van der Waals surface area contributed by atoms with Crippen LogP contribution in [0.2, 0.25) is 0 Å². The van der Waals surface area contributed by atoms with E-state index < -0.39 is 0 Å². The third kappa shape index (κ3) is 1.79. The highest BCUT2D eigenvalue weighted by Gasteiger charge is 2.18. The van der Waals surface area contributed by atoms with Gasteiger partial charge in [0.05, 0.1) is 12.8 Å². The summed E-state index contributed by atoms with van der Waals surface area (Å²) in [7, 11) is 3.35. The van der Waals surface area contributed by atoms with Crippen molar-refractivity contribution >= 4 is 0 Å². The van der Waals surface area contributed by atoms with Gasteiger partial charge in [0, 0.05) is 18.3 Å². The molecule has 2 rings (SSSR count). The van der Waals surface area contributed by atoms with E-state index in [-0.39, 0.29) is 5.56 Å². The molecule has 0 radical (unpaired) electrons. The van der Waals surface area contributed by atoms with Crippen LogP contribution in [0.5, 0.6) is 5.88 Å². The number of ether oxygens (including phenoxy) is 1. The Morgan fingerprint density at radius 3 is 2.44 bits per heavy atom. The number of hydrogen-bond donors (Lipinski definition) is 1. The number of nitrogens with zero attached hydrogens (tertiary/aromatic N) is 3. The number of nitrogens with one attached hydrogen (secondary N) is 1. The fourth-order valence-electron chi connectivity index (χ4n) is 1.91. The quantitative estimate of drug-likeness (QED) is 0.863.